The highest BCUT2D eigenvalue weighted by Crippen LogP contribution is 2.35. The van der Waals surface area contributed by atoms with E-state index in [1.54, 1.807) is 0 Å². The number of rotatable bonds is 4. The zero-order valence-electron chi connectivity index (χ0n) is 20.8. The van der Waals surface area contributed by atoms with Gasteiger partial charge in [-0.05, 0) is 30.4 Å². The fraction of sp³-hybridized carbons (Fsp3) is 0.370. The molecule has 0 atom stereocenters. The summed E-state index contributed by atoms with van der Waals surface area (Å²) >= 11 is 0. The van der Waals surface area contributed by atoms with E-state index in [4.69, 9.17) is 4.74 Å². The number of aryl methyl sites for hydroxylation is 1. The van der Waals surface area contributed by atoms with Crippen molar-refractivity contribution in [3.05, 3.63) is 65.4 Å². The molecule has 10 heteroatoms. The van der Waals surface area contributed by atoms with Crippen LogP contribution in [0.2, 0.25) is 0 Å². The summed E-state index contributed by atoms with van der Waals surface area (Å²) in [6, 6.07) is 12.8. The molecule has 1 amide bonds. The number of anilines is 2. The van der Waals surface area contributed by atoms with Crippen molar-refractivity contribution in [2.75, 3.05) is 49.6 Å². The number of hydrogen-bond donors (Lipinski definition) is 0. The molecular weight excluding hydrogens is 483 g/mol. The lowest BCUT2D eigenvalue weighted by atomic mass is 9.99. The average Bonchev–Trinajstić information content (AvgIpc) is 2.90. The third-order valence-electron chi connectivity index (χ3n) is 7.10. The van der Waals surface area contributed by atoms with E-state index in [-0.39, 0.29) is 19.1 Å². The number of hydrogen-bond acceptors (Lipinski definition) is 6. The third-order valence-corrected chi connectivity index (χ3v) is 7.10. The molecule has 2 aromatic carbocycles. The van der Waals surface area contributed by atoms with E-state index in [0.717, 1.165) is 29.3 Å². The molecular formula is C27H28F3N5O2. The predicted molar refractivity (Wildman–Crippen MR) is 136 cm³/mol. The van der Waals surface area contributed by atoms with Gasteiger partial charge in [-0.3, -0.25) is 4.79 Å². The maximum atomic E-state index is 12.9. The average molecular weight is 512 g/mol. The molecule has 7 nitrogen and oxygen atoms in total. The number of alkyl halides is 3. The Kier molecular flexibility index (Phi) is 6.43. The van der Waals surface area contributed by atoms with Crippen molar-refractivity contribution in [1.82, 2.24) is 14.9 Å². The first-order chi connectivity index (χ1) is 17.7. The highest BCUT2D eigenvalue weighted by molar-refractivity contribution is 5.97. The Hall–Kier alpha value is -3.82. The summed E-state index contributed by atoms with van der Waals surface area (Å²) in [7, 11) is 1.51. The van der Waals surface area contributed by atoms with E-state index in [0.29, 0.717) is 26.1 Å². The first kappa shape index (κ1) is 24.9. The van der Waals surface area contributed by atoms with Gasteiger partial charge in [-0.25, -0.2) is 0 Å². The molecule has 0 unspecified atom stereocenters. The number of nitrogens with zero attached hydrogens (tertiary/aromatic N) is 5. The molecule has 1 saturated heterocycles. The van der Waals surface area contributed by atoms with Gasteiger partial charge in [0, 0.05) is 49.4 Å². The van der Waals surface area contributed by atoms with Crippen molar-refractivity contribution in [3.8, 4) is 6.01 Å². The fourth-order valence-corrected chi connectivity index (χ4v) is 5.15. The second kappa shape index (κ2) is 9.57. The Morgan fingerprint density at radius 1 is 1.00 bits per heavy atom. The van der Waals surface area contributed by atoms with E-state index in [9.17, 15) is 18.0 Å². The number of benzene rings is 2. The molecule has 3 heterocycles. The Morgan fingerprint density at radius 2 is 1.70 bits per heavy atom. The maximum Gasteiger partial charge on any atom is 0.421 e. The second-order valence-electron chi connectivity index (χ2n) is 9.34. The minimum absolute atomic E-state index is 0.149. The number of methoxy groups -OCH3 is 1. The van der Waals surface area contributed by atoms with Gasteiger partial charge < -0.3 is 19.4 Å². The van der Waals surface area contributed by atoms with Crippen LogP contribution in [-0.2, 0) is 17.8 Å². The lowest BCUT2D eigenvalue weighted by Crippen LogP contribution is -2.50. The highest BCUT2D eigenvalue weighted by atomic mass is 19.4. The molecule has 1 aromatic heterocycles. The summed E-state index contributed by atoms with van der Waals surface area (Å²) in [4.78, 5) is 27.0. The Balaban J connectivity index is 1.39. The van der Waals surface area contributed by atoms with Crippen molar-refractivity contribution in [1.29, 1.82) is 0 Å². The van der Waals surface area contributed by atoms with Crippen LogP contribution in [0.4, 0.5) is 24.7 Å². The summed E-state index contributed by atoms with van der Waals surface area (Å²) < 4.78 is 44.2. The van der Waals surface area contributed by atoms with E-state index in [2.05, 4.69) is 64.8 Å². The topological polar surface area (TPSA) is 61.8 Å². The van der Waals surface area contributed by atoms with Crippen molar-refractivity contribution < 1.29 is 22.7 Å². The summed E-state index contributed by atoms with van der Waals surface area (Å²) in [5, 5.41) is 2.40. The SMILES string of the molecule is C=C(C(=O)N1CCN(c2nc(OC)nc3c2CCN(c2cccc4cccc(C)c24)C3)CC1)C(F)(F)F. The van der Waals surface area contributed by atoms with Crippen LogP contribution in [0, 0.1) is 6.92 Å². The lowest BCUT2D eigenvalue weighted by molar-refractivity contribution is -0.139. The number of carbonyl (C=O) groups is 1. The molecule has 1 fully saturated rings. The van der Waals surface area contributed by atoms with Crippen LogP contribution in [-0.4, -0.2) is 66.8 Å². The van der Waals surface area contributed by atoms with Gasteiger partial charge >= 0.3 is 12.2 Å². The van der Waals surface area contributed by atoms with Gasteiger partial charge in [0.15, 0.2) is 0 Å². The summed E-state index contributed by atoms with van der Waals surface area (Å²) in [5.74, 6) is -0.354. The molecule has 0 bridgehead atoms. The van der Waals surface area contributed by atoms with Crippen molar-refractivity contribution in [3.63, 3.8) is 0 Å². The van der Waals surface area contributed by atoms with Crippen molar-refractivity contribution >= 4 is 28.2 Å². The lowest BCUT2D eigenvalue weighted by Gasteiger charge is -2.38. The third kappa shape index (κ3) is 4.68. The Bertz CT molecular complexity index is 1360. The number of amides is 1. The highest BCUT2D eigenvalue weighted by Gasteiger charge is 2.40. The smallest absolute Gasteiger partial charge is 0.421 e. The van der Waals surface area contributed by atoms with Gasteiger partial charge in [-0.1, -0.05) is 36.9 Å². The second-order valence-corrected chi connectivity index (χ2v) is 9.34. The van der Waals surface area contributed by atoms with Gasteiger partial charge in [0.1, 0.15) is 11.4 Å². The molecule has 0 radical (unpaired) electrons. The number of halogens is 3. The van der Waals surface area contributed by atoms with Crippen molar-refractivity contribution in [2.45, 2.75) is 26.1 Å². The summed E-state index contributed by atoms with van der Waals surface area (Å²) in [5.41, 5.74) is 2.89. The van der Waals surface area contributed by atoms with Crippen LogP contribution < -0.4 is 14.5 Å². The molecule has 0 aliphatic carbocycles. The van der Waals surface area contributed by atoms with Crippen LogP contribution in [0.1, 0.15) is 16.8 Å². The predicted octanol–water partition coefficient (Wildman–Crippen LogP) is 4.28. The van der Waals surface area contributed by atoms with Crippen LogP contribution in [0.5, 0.6) is 6.01 Å². The summed E-state index contributed by atoms with van der Waals surface area (Å²) in [6.07, 6.45) is -4.03. The van der Waals surface area contributed by atoms with Gasteiger partial charge in [0.05, 0.1) is 19.3 Å². The molecule has 5 rings (SSSR count). The van der Waals surface area contributed by atoms with Crippen LogP contribution in [0.15, 0.2) is 48.6 Å². The van der Waals surface area contributed by atoms with Crippen LogP contribution in [0.3, 0.4) is 0 Å². The Morgan fingerprint density at radius 3 is 2.38 bits per heavy atom. The zero-order chi connectivity index (χ0) is 26.3. The van der Waals surface area contributed by atoms with Gasteiger partial charge in [0.25, 0.3) is 5.91 Å². The van der Waals surface area contributed by atoms with E-state index in [1.165, 1.54) is 28.3 Å². The quantitative estimate of drug-likeness (QED) is 0.488. The van der Waals surface area contributed by atoms with Gasteiger partial charge in [0.2, 0.25) is 0 Å². The van der Waals surface area contributed by atoms with Crippen LogP contribution in [0.25, 0.3) is 10.8 Å². The fourth-order valence-electron chi connectivity index (χ4n) is 5.15. The van der Waals surface area contributed by atoms with Gasteiger partial charge in [-0.2, -0.15) is 23.1 Å². The largest absolute Gasteiger partial charge is 0.467 e. The molecule has 194 valence electrons. The molecule has 0 N–H and O–H groups in total. The first-order valence-corrected chi connectivity index (χ1v) is 12.1. The standard InChI is InChI=1S/C27H28F3N5O2/c1-17-6-4-7-19-8-5-9-22(23(17)19)35-11-10-20-21(16-35)31-26(37-3)32-24(20)33-12-14-34(15-13-33)25(36)18(2)27(28,29)30/h4-9H,2,10-16H2,1,3H3. The number of fused-ring (bicyclic) bond motifs is 2. The van der Waals surface area contributed by atoms with E-state index >= 15 is 0 Å². The van der Waals surface area contributed by atoms with E-state index < -0.39 is 17.7 Å². The molecule has 37 heavy (non-hydrogen) atoms. The molecule has 3 aromatic rings. The molecule has 0 spiro atoms. The summed E-state index contributed by atoms with van der Waals surface area (Å²) in [6.45, 7) is 7.42. The molecule has 2 aliphatic heterocycles. The van der Waals surface area contributed by atoms with E-state index in [1.807, 2.05) is 4.90 Å². The first-order valence-electron chi connectivity index (χ1n) is 12.1. The number of aromatic nitrogens is 2. The molecule has 2 aliphatic rings. The Labute approximate surface area is 213 Å². The minimum Gasteiger partial charge on any atom is -0.467 e. The van der Waals surface area contributed by atoms with Crippen LogP contribution >= 0.6 is 0 Å². The maximum absolute atomic E-state index is 12.9. The monoisotopic (exact) mass is 511 g/mol. The van der Waals surface area contributed by atoms with Crippen molar-refractivity contribution in [2.24, 2.45) is 0 Å². The zero-order valence-corrected chi connectivity index (χ0v) is 20.8. The molecule has 0 saturated carbocycles. The van der Waals surface area contributed by atoms with Gasteiger partial charge in [-0.15, -0.1) is 0 Å². The number of piperazine rings is 1. The number of carbonyl (C=O) groups excluding carboxylic acids is 1. The normalized spacial score (nSPS) is 16.1. The number of ether oxygens (including phenoxy) is 1. The minimum atomic E-state index is -4.73.